The largest absolute Gasteiger partial charge is 0.481 e. The average molecular weight is 701 g/mol. The quantitative estimate of drug-likeness (QED) is 0.172. The van der Waals surface area contributed by atoms with Gasteiger partial charge in [-0.25, -0.2) is 0 Å². The van der Waals surface area contributed by atoms with Gasteiger partial charge in [-0.1, -0.05) is 102 Å². The molecule has 0 aromatic carbocycles. The van der Waals surface area contributed by atoms with E-state index in [4.69, 9.17) is 8.85 Å². The molecule has 0 saturated heterocycles. The van der Waals surface area contributed by atoms with Crippen molar-refractivity contribution in [1.29, 1.82) is 0 Å². The first-order chi connectivity index (χ1) is 22.3. The van der Waals surface area contributed by atoms with Crippen LogP contribution in [0.4, 0.5) is 0 Å². The van der Waals surface area contributed by atoms with Crippen LogP contribution in [0.25, 0.3) is 0 Å². The van der Waals surface area contributed by atoms with Crippen LogP contribution < -0.4 is 0 Å². The molecule has 6 heteroatoms. The number of hydrogen-bond acceptors (Lipinski definition) is 3. The van der Waals surface area contributed by atoms with Gasteiger partial charge < -0.3 is 14.0 Å². The molecule has 4 nitrogen and oxygen atoms in total. The minimum atomic E-state index is -2.06. The highest BCUT2D eigenvalue weighted by Gasteiger charge is 2.72. The van der Waals surface area contributed by atoms with Gasteiger partial charge in [0.25, 0.3) is 0 Å². The summed E-state index contributed by atoms with van der Waals surface area (Å²) in [6.07, 6.45) is 12.3. The molecule has 0 spiro atoms. The molecule has 4 saturated carbocycles. The SMILES string of the molecule is CC[Si](CC)(CC)O[C@H]1CC[C@@]2(C)C(CC[C@]3(C)C2CC=C2C4CC(C)(C)CC[C@]4(C(=O)O)[C@H](O[Si](CC)(CC)CC)C[C@]23C)C1(C)C. The van der Waals surface area contributed by atoms with Gasteiger partial charge in [0, 0.05) is 0 Å². The van der Waals surface area contributed by atoms with E-state index in [1.807, 2.05) is 0 Å². The second kappa shape index (κ2) is 12.9. The average Bonchev–Trinajstić information content (AvgIpc) is 3.03. The van der Waals surface area contributed by atoms with E-state index in [9.17, 15) is 9.90 Å². The van der Waals surface area contributed by atoms with Crippen molar-refractivity contribution in [3.63, 3.8) is 0 Å². The molecule has 0 radical (unpaired) electrons. The minimum absolute atomic E-state index is 0.0545. The van der Waals surface area contributed by atoms with Crippen molar-refractivity contribution in [1.82, 2.24) is 0 Å². The van der Waals surface area contributed by atoms with Crippen molar-refractivity contribution in [2.45, 2.75) is 196 Å². The van der Waals surface area contributed by atoms with Gasteiger partial charge in [-0.05, 0) is 139 Å². The summed E-state index contributed by atoms with van der Waals surface area (Å²) in [6.45, 7) is 31.9. The lowest BCUT2D eigenvalue weighted by atomic mass is 9.33. The summed E-state index contributed by atoms with van der Waals surface area (Å²) < 4.78 is 14.9. The Labute approximate surface area is 298 Å². The van der Waals surface area contributed by atoms with Crippen LogP contribution in [-0.2, 0) is 13.6 Å². The van der Waals surface area contributed by atoms with Crippen LogP contribution in [0.1, 0.15) is 148 Å². The van der Waals surface area contributed by atoms with Crippen molar-refractivity contribution in [2.75, 3.05) is 0 Å². The normalized spacial score (nSPS) is 42.1. The topological polar surface area (TPSA) is 55.8 Å². The van der Waals surface area contributed by atoms with Crippen molar-refractivity contribution in [3.05, 3.63) is 11.6 Å². The van der Waals surface area contributed by atoms with Crippen molar-refractivity contribution < 1.29 is 18.8 Å². The van der Waals surface area contributed by atoms with E-state index >= 15 is 0 Å². The number of fused-ring (bicyclic) bond motifs is 7. The van der Waals surface area contributed by atoms with Crippen LogP contribution >= 0.6 is 0 Å². The first kappa shape index (κ1) is 38.8. The molecular weight excluding hydrogens is 625 g/mol. The first-order valence-electron chi connectivity index (χ1n) is 20.6. The molecule has 1 N–H and O–H groups in total. The molecule has 0 aliphatic heterocycles. The number of carboxylic acids is 1. The summed E-state index contributed by atoms with van der Waals surface area (Å²) in [7, 11) is -3.77. The molecule has 3 unspecified atom stereocenters. The van der Waals surface area contributed by atoms with E-state index in [1.165, 1.54) is 49.4 Å². The summed E-state index contributed by atoms with van der Waals surface area (Å²) in [4.78, 5) is 13.8. The summed E-state index contributed by atoms with van der Waals surface area (Å²) in [5.74, 6) is 0.693. The lowest BCUT2D eigenvalue weighted by Crippen LogP contribution is -2.68. The minimum Gasteiger partial charge on any atom is -0.481 e. The Morgan fingerprint density at radius 2 is 1.27 bits per heavy atom. The second-order valence-corrected chi connectivity index (χ2v) is 29.3. The maximum absolute atomic E-state index is 13.8. The van der Waals surface area contributed by atoms with Gasteiger partial charge in [0.1, 0.15) is 0 Å². The van der Waals surface area contributed by atoms with Crippen LogP contribution in [0, 0.1) is 50.2 Å². The van der Waals surface area contributed by atoms with Gasteiger partial charge in [0.2, 0.25) is 0 Å². The van der Waals surface area contributed by atoms with Gasteiger partial charge in [0.15, 0.2) is 16.6 Å². The van der Waals surface area contributed by atoms with Crippen LogP contribution in [0.3, 0.4) is 0 Å². The zero-order valence-corrected chi connectivity index (χ0v) is 35.7. The van der Waals surface area contributed by atoms with E-state index in [2.05, 4.69) is 96.1 Å². The number of hydrogen-bond donors (Lipinski definition) is 1. The number of allylic oxidation sites excluding steroid dienone is 2. The van der Waals surface area contributed by atoms with Crippen LogP contribution in [0.2, 0.25) is 36.3 Å². The van der Waals surface area contributed by atoms with E-state index in [-0.39, 0.29) is 39.1 Å². The highest BCUT2D eigenvalue weighted by molar-refractivity contribution is 6.74. The Balaban J connectivity index is 1.59. The zero-order valence-electron chi connectivity index (χ0n) is 33.7. The standard InChI is InChI=1S/C42H76O4Si2/c1-14-47(15-2,16-3)45-34-23-24-39(11)32(38(34,9)10)22-25-40(12)33(39)21-20-30-31-28-37(7,8)26-27-42(31,36(43)44)35(29-41(30,40)13)46-48(17-4,18-5)19-6/h20,31-35H,14-19,21-29H2,1-13H3,(H,43,44)/t31?,32?,33?,34-,35+,39-,40+,41+,42+/m0/s1. The Bertz CT molecular complexity index is 1220. The molecule has 0 aromatic heterocycles. The predicted octanol–water partition coefficient (Wildman–Crippen LogP) is 12.3. The Kier molecular flexibility index (Phi) is 10.4. The molecule has 0 bridgehead atoms. The highest BCUT2D eigenvalue weighted by atomic mass is 28.4. The third-order valence-electron chi connectivity index (χ3n) is 17.6. The lowest BCUT2D eigenvalue weighted by molar-refractivity contribution is -0.215. The van der Waals surface area contributed by atoms with E-state index < -0.39 is 28.0 Å². The zero-order chi connectivity index (χ0) is 35.8. The summed E-state index contributed by atoms with van der Waals surface area (Å²) in [5, 5.41) is 11.4. The molecule has 276 valence electrons. The summed E-state index contributed by atoms with van der Waals surface area (Å²) in [6, 6.07) is 6.86. The van der Waals surface area contributed by atoms with Crippen molar-refractivity contribution >= 4 is 22.6 Å². The summed E-state index contributed by atoms with van der Waals surface area (Å²) in [5.41, 5.74) is 1.28. The van der Waals surface area contributed by atoms with Gasteiger partial charge in [0.05, 0.1) is 17.6 Å². The molecule has 0 amide bonds. The van der Waals surface area contributed by atoms with Gasteiger partial charge in [-0.2, -0.15) is 0 Å². The third-order valence-corrected chi connectivity index (χ3v) is 26.9. The van der Waals surface area contributed by atoms with Crippen LogP contribution in [0.15, 0.2) is 11.6 Å². The van der Waals surface area contributed by atoms with Crippen molar-refractivity contribution in [2.24, 2.45) is 50.2 Å². The number of carbonyl (C=O) groups is 1. The van der Waals surface area contributed by atoms with E-state index in [0.29, 0.717) is 17.9 Å². The Morgan fingerprint density at radius 1 is 0.729 bits per heavy atom. The summed E-state index contributed by atoms with van der Waals surface area (Å²) >= 11 is 0. The monoisotopic (exact) mass is 701 g/mol. The molecule has 9 atom stereocenters. The molecule has 0 heterocycles. The maximum atomic E-state index is 13.8. The van der Waals surface area contributed by atoms with Gasteiger partial charge in [-0.15, -0.1) is 0 Å². The first-order valence-corrected chi connectivity index (χ1v) is 25.6. The smallest absolute Gasteiger partial charge is 0.312 e. The van der Waals surface area contributed by atoms with Crippen LogP contribution in [-0.4, -0.2) is 39.9 Å². The Morgan fingerprint density at radius 3 is 1.79 bits per heavy atom. The molecule has 5 rings (SSSR count). The molecule has 0 aromatic rings. The predicted molar refractivity (Wildman–Crippen MR) is 206 cm³/mol. The number of rotatable bonds is 11. The van der Waals surface area contributed by atoms with Gasteiger partial charge >= 0.3 is 5.97 Å². The molecular formula is C42H76O4Si2. The fourth-order valence-electron chi connectivity index (χ4n) is 13.6. The van der Waals surface area contributed by atoms with Gasteiger partial charge in [-0.3, -0.25) is 4.79 Å². The fourth-order valence-corrected chi connectivity index (χ4v) is 19.6. The van der Waals surface area contributed by atoms with E-state index in [0.717, 1.165) is 50.2 Å². The molecule has 5 aliphatic rings. The van der Waals surface area contributed by atoms with Crippen molar-refractivity contribution in [3.8, 4) is 0 Å². The van der Waals surface area contributed by atoms with Crippen LogP contribution in [0.5, 0.6) is 0 Å². The number of carboxylic acid groups (broad SMARTS) is 1. The molecule has 4 fully saturated rings. The lowest BCUT2D eigenvalue weighted by Gasteiger charge is -2.72. The second-order valence-electron chi connectivity index (χ2n) is 19.8. The number of aliphatic carboxylic acids is 1. The fraction of sp³-hybridized carbons (Fsp3) is 0.929. The molecule has 5 aliphatic carbocycles. The maximum Gasteiger partial charge on any atom is 0.312 e. The molecule has 48 heavy (non-hydrogen) atoms. The highest BCUT2D eigenvalue weighted by Crippen LogP contribution is 2.76. The van der Waals surface area contributed by atoms with E-state index in [1.54, 1.807) is 0 Å². The Hall–Kier alpha value is -0.436. The third kappa shape index (κ3) is 5.47.